The van der Waals surface area contributed by atoms with Crippen molar-refractivity contribution in [1.29, 1.82) is 0 Å². The number of amides is 2. The number of carbonyl (C=O) groups is 1. The van der Waals surface area contributed by atoms with Crippen molar-refractivity contribution < 1.29 is 31.1 Å². The molecule has 10 heteroatoms. The molecule has 118 valence electrons. The molecule has 1 rings (SSSR count). The number of carbonyl (C=O) groups excluding carboxylic acids is 1. The molecule has 0 fully saturated rings. The minimum absolute atomic E-state index is 0.156. The smallest absolute Gasteiger partial charge is 0.316 e. The van der Waals surface area contributed by atoms with Crippen LogP contribution in [0.5, 0.6) is 0 Å². The molecule has 0 aliphatic rings. The van der Waals surface area contributed by atoms with Crippen molar-refractivity contribution in [2.24, 2.45) is 0 Å². The SMILES string of the molecule is Cc1cccc(NC(=O)NC(C)(C(F)(F)F)C(F)(F)F)n1. The van der Waals surface area contributed by atoms with E-state index in [2.05, 4.69) is 4.98 Å². The highest BCUT2D eigenvalue weighted by Crippen LogP contribution is 2.42. The van der Waals surface area contributed by atoms with Crippen molar-refractivity contribution in [3.8, 4) is 0 Å². The second-order valence-corrected chi connectivity index (χ2v) is 4.36. The Hall–Kier alpha value is -2.00. The van der Waals surface area contributed by atoms with E-state index < -0.39 is 23.9 Å². The molecular formula is C11H11F6N3O. The summed E-state index contributed by atoms with van der Waals surface area (Å²) in [6.45, 7) is 1.38. The zero-order valence-corrected chi connectivity index (χ0v) is 10.9. The maximum Gasteiger partial charge on any atom is 0.420 e. The first-order chi connectivity index (χ1) is 9.37. The number of alkyl halides is 6. The highest BCUT2D eigenvalue weighted by Gasteiger charge is 2.68. The van der Waals surface area contributed by atoms with Gasteiger partial charge < -0.3 is 5.32 Å². The second-order valence-electron chi connectivity index (χ2n) is 4.36. The molecule has 21 heavy (non-hydrogen) atoms. The summed E-state index contributed by atoms with van der Waals surface area (Å²) in [4.78, 5) is 15.1. The molecule has 0 unspecified atom stereocenters. The van der Waals surface area contributed by atoms with Gasteiger partial charge in [-0.2, -0.15) is 26.3 Å². The summed E-state index contributed by atoms with van der Waals surface area (Å²) in [6.07, 6.45) is -11.4. The van der Waals surface area contributed by atoms with E-state index in [0.717, 1.165) is 5.32 Å². The fourth-order valence-electron chi connectivity index (χ4n) is 1.29. The topological polar surface area (TPSA) is 54.0 Å². The van der Waals surface area contributed by atoms with Gasteiger partial charge in [-0.15, -0.1) is 0 Å². The lowest BCUT2D eigenvalue weighted by molar-refractivity contribution is -0.297. The number of halogens is 6. The molecular weight excluding hydrogens is 304 g/mol. The Bertz CT molecular complexity index is 511. The Labute approximate surface area is 115 Å². The first-order valence-electron chi connectivity index (χ1n) is 5.53. The Morgan fingerprint density at radius 1 is 1.10 bits per heavy atom. The lowest BCUT2D eigenvalue weighted by Gasteiger charge is -2.34. The van der Waals surface area contributed by atoms with Crippen molar-refractivity contribution in [1.82, 2.24) is 10.3 Å². The number of nitrogens with one attached hydrogen (secondary N) is 2. The molecule has 0 saturated heterocycles. The van der Waals surface area contributed by atoms with Gasteiger partial charge >= 0.3 is 18.4 Å². The molecule has 0 saturated carbocycles. The molecule has 0 bridgehead atoms. The van der Waals surface area contributed by atoms with E-state index in [1.165, 1.54) is 12.1 Å². The van der Waals surface area contributed by atoms with Crippen molar-refractivity contribution in [2.45, 2.75) is 31.7 Å². The predicted molar refractivity (Wildman–Crippen MR) is 61.6 cm³/mol. The van der Waals surface area contributed by atoms with E-state index in [9.17, 15) is 31.1 Å². The predicted octanol–water partition coefficient (Wildman–Crippen LogP) is 3.39. The van der Waals surface area contributed by atoms with E-state index in [0.29, 0.717) is 5.69 Å². The third-order valence-corrected chi connectivity index (χ3v) is 2.63. The summed E-state index contributed by atoms with van der Waals surface area (Å²) in [5.74, 6) is -0.167. The molecule has 1 aromatic heterocycles. The van der Waals surface area contributed by atoms with E-state index in [4.69, 9.17) is 0 Å². The van der Waals surface area contributed by atoms with Crippen LogP contribution in [0.25, 0.3) is 0 Å². The van der Waals surface area contributed by atoms with Gasteiger partial charge in [0.2, 0.25) is 5.54 Å². The molecule has 1 aromatic rings. The van der Waals surface area contributed by atoms with Crippen molar-refractivity contribution in [2.75, 3.05) is 5.32 Å². The molecule has 1 heterocycles. The van der Waals surface area contributed by atoms with E-state index >= 15 is 0 Å². The number of nitrogens with zero attached hydrogens (tertiary/aromatic N) is 1. The van der Waals surface area contributed by atoms with Gasteiger partial charge in [0.25, 0.3) is 0 Å². The van der Waals surface area contributed by atoms with Gasteiger partial charge in [-0.25, -0.2) is 9.78 Å². The quantitative estimate of drug-likeness (QED) is 0.822. The van der Waals surface area contributed by atoms with Gasteiger partial charge in [-0.05, 0) is 26.0 Å². The molecule has 2 N–H and O–H groups in total. The molecule has 4 nitrogen and oxygen atoms in total. The van der Waals surface area contributed by atoms with Gasteiger partial charge in [0, 0.05) is 5.69 Å². The van der Waals surface area contributed by atoms with E-state index in [1.54, 1.807) is 13.0 Å². The Balaban J connectivity index is 2.93. The standard InChI is InChI=1S/C11H11F6N3O/c1-6-4-3-5-7(18-6)19-8(21)20-9(2,10(12,13)14)11(15,16)17/h3-5H,1-2H3,(H2,18,19,20,21). The number of hydrogen-bond acceptors (Lipinski definition) is 2. The third-order valence-electron chi connectivity index (χ3n) is 2.63. The molecule has 0 aromatic carbocycles. The maximum atomic E-state index is 12.6. The second kappa shape index (κ2) is 5.41. The Morgan fingerprint density at radius 3 is 2.05 bits per heavy atom. The van der Waals surface area contributed by atoms with Crippen molar-refractivity contribution >= 4 is 11.8 Å². The number of urea groups is 1. The van der Waals surface area contributed by atoms with Gasteiger partial charge in [0.1, 0.15) is 5.82 Å². The van der Waals surface area contributed by atoms with Crippen LogP contribution in [0.1, 0.15) is 12.6 Å². The summed E-state index contributed by atoms with van der Waals surface area (Å²) in [5, 5.41) is 2.72. The zero-order valence-electron chi connectivity index (χ0n) is 10.9. The summed E-state index contributed by atoms with van der Waals surface area (Å²) in [7, 11) is 0. The van der Waals surface area contributed by atoms with Crippen LogP contribution in [0.3, 0.4) is 0 Å². The van der Waals surface area contributed by atoms with Gasteiger partial charge in [-0.1, -0.05) is 6.07 Å². The van der Waals surface area contributed by atoms with Crippen LogP contribution >= 0.6 is 0 Å². The van der Waals surface area contributed by atoms with Crippen molar-refractivity contribution in [3.63, 3.8) is 0 Å². The third kappa shape index (κ3) is 3.76. The van der Waals surface area contributed by atoms with Gasteiger partial charge in [-0.3, -0.25) is 5.32 Å². The fraction of sp³-hybridized carbons (Fsp3) is 0.455. The van der Waals surface area contributed by atoms with Gasteiger partial charge in [0.05, 0.1) is 0 Å². The lowest BCUT2D eigenvalue weighted by atomic mass is 10.0. The minimum Gasteiger partial charge on any atom is -0.316 e. The summed E-state index contributed by atoms with van der Waals surface area (Å²) < 4.78 is 75.5. The fourth-order valence-corrected chi connectivity index (χ4v) is 1.29. The average molecular weight is 315 g/mol. The largest absolute Gasteiger partial charge is 0.420 e. The molecule has 0 atom stereocenters. The number of aryl methyl sites for hydroxylation is 1. The normalized spacial score (nSPS) is 13.0. The highest BCUT2D eigenvalue weighted by molar-refractivity contribution is 5.88. The first-order valence-corrected chi connectivity index (χ1v) is 5.53. The van der Waals surface area contributed by atoms with Gasteiger partial charge in [0.15, 0.2) is 0 Å². The first kappa shape index (κ1) is 17.1. The zero-order chi connectivity index (χ0) is 16.5. The summed E-state index contributed by atoms with van der Waals surface area (Å²) >= 11 is 0. The number of pyridine rings is 1. The minimum atomic E-state index is -5.71. The molecule has 0 radical (unpaired) electrons. The molecule has 0 aliphatic carbocycles. The summed E-state index contributed by atoms with van der Waals surface area (Å²) in [6, 6.07) is 2.54. The number of rotatable bonds is 2. The Kier molecular flexibility index (Phi) is 4.40. The van der Waals surface area contributed by atoms with E-state index in [-0.39, 0.29) is 12.7 Å². The monoisotopic (exact) mass is 315 g/mol. The van der Waals surface area contributed by atoms with Crippen LogP contribution in [-0.2, 0) is 0 Å². The number of aromatic nitrogens is 1. The number of anilines is 1. The van der Waals surface area contributed by atoms with Crippen LogP contribution < -0.4 is 10.6 Å². The average Bonchev–Trinajstić information content (AvgIpc) is 2.25. The van der Waals surface area contributed by atoms with Crippen LogP contribution in [0.4, 0.5) is 37.0 Å². The van der Waals surface area contributed by atoms with Crippen molar-refractivity contribution in [3.05, 3.63) is 23.9 Å². The maximum absolute atomic E-state index is 12.6. The molecule has 0 spiro atoms. The lowest BCUT2D eigenvalue weighted by Crippen LogP contribution is -2.66. The number of hydrogen-bond donors (Lipinski definition) is 2. The van der Waals surface area contributed by atoms with Crippen LogP contribution in [-0.4, -0.2) is 28.9 Å². The highest BCUT2D eigenvalue weighted by atomic mass is 19.4. The molecule has 2 amide bonds. The Morgan fingerprint density at radius 2 is 1.62 bits per heavy atom. The molecule has 0 aliphatic heterocycles. The van der Waals surface area contributed by atoms with Crippen LogP contribution in [0.2, 0.25) is 0 Å². The van der Waals surface area contributed by atoms with E-state index in [1.807, 2.05) is 5.32 Å². The van der Waals surface area contributed by atoms with Crippen LogP contribution in [0, 0.1) is 6.92 Å². The van der Waals surface area contributed by atoms with Crippen LogP contribution in [0.15, 0.2) is 18.2 Å². The summed E-state index contributed by atoms with van der Waals surface area (Å²) in [5.41, 5.74) is -3.93.